The molecule has 2 rings (SSSR count). The monoisotopic (exact) mass is 249 g/mol. The second kappa shape index (κ2) is 6.35. The van der Waals surface area contributed by atoms with Gasteiger partial charge in [0.1, 0.15) is 0 Å². The summed E-state index contributed by atoms with van der Waals surface area (Å²) in [5, 5.41) is 6.18. The van der Waals surface area contributed by atoms with Crippen LogP contribution < -0.4 is 15.4 Å². The lowest BCUT2D eigenvalue weighted by atomic mass is 10.1. The van der Waals surface area contributed by atoms with Crippen molar-refractivity contribution >= 4 is 5.91 Å². The van der Waals surface area contributed by atoms with E-state index >= 15 is 0 Å². The fourth-order valence-electron chi connectivity index (χ4n) is 2.01. The van der Waals surface area contributed by atoms with Crippen LogP contribution >= 0.6 is 0 Å². The number of carbonyl (C=O) groups excluding carboxylic acids is 1. The van der Waals surface area contributed by atoms with E-state index in [1.54, 1.807) is 13.3 Å². The van der Waals surface area contributed by atoms with Crippen LogP contribution in [0.5, 0.6) is 5.88 Å². The zero-order valence-corrected chi connectivity index (χ0v) is 10.6. The van der Waals surface area contributed by atoms with Crippen molar-refractivity contribution in [2.45, 2.75) is 31.8 Å². The maximum atomic E-state index is 11.7. The first-order valence-corrected chi connectivity index (χ1v) is 6.29. The first-order chi connectivity index (χ1) is 8.79. The van der Waals surface area contributed by atoms with Crippen LogP contribution in [-0.2, 0) is 11.3 Å². The number of nitrogens with zero attached hydrogens (tertiary/aromatic N) is 1. The van der Waals surface area contributed by atoms with Gasteiger partial charge in [0.15, 0.2) is 0 Å². The number of carbonyl (C=O) groups is 1. The number of rotatable bonds is 4. The maximum absolute atomic E-state index is 11.7. The lowest BCUT2D eigenvalue weighted by Gasteiger charge is -2.15. The number of hydrogen-bond acceptors (Lipinski definition) is 4. The number of amides is 1. The first kappa shape index (κ1) is 12.8. The van der Waals surface area contributed by atoms with Crippen molar-refractivity contribution in [1.29, 1.82) is 0 Å². The van der Waals surface area contributed by atoms with Crippen LogP contribution in [-0.4, -0.2) is 30.6 Å². The van der Waals surface area contributed by atoms with Crippen molar-refractivity contribution in [3.63, 3.8) is 0 Å². The van der Waals surface area contributed by atoms with E-state index in [4.69, 9.17) is 4.74 Å². The molecule has 2 heterocycles. The zero-order chi connectivity index (χ0) is 12.8. The Morgan fingerprint density at radius 3 is 3.11 bits per heavy atom. The van der Waals surface area contributed by atoms with Crippen LogP contribution in [0.25, 0.3) is 0 Å². The smallest absolute Gasteiger partial charge is 0.237 e. The Labute approximate surface area is 107 Å². The van der Waals surface area contributed by atoms with E-state index in [9.17, 15) is 4.79 Å². The Kier molecular flexibility index (Phi) is 4.52. The molecule has 1 unspecified atom stereocenters. The minimum absolute atomic E-state index is 0.0883. The largest absolute Gasteiger partial charge is 0.481 e. The van der Waals surface area contributed by atoms with E-state index < -0.39 is 0 Å². The fourth-order valence-corrected chi connectivity index (χ4v) is 2.01. The van der Waals surface area contributed by atoms with Crippen LogP contribution in [0.4, 0.5) is 0 Å². The molecule has 5 heteroatoms. The van der Waals surface area contributed by atoms with Crippen LogP contribution in [0.3, 0.4) is 0 Å². The van der Waals surface area contributed by atoms with Gasteiger partial charge in [0.2, 0.25) is 11.8 Å². The predicted molar refractivity (Wildman–Crippen MR) is 68.3 cm³/mol. The van der Waals surface area contributed by atoms with Crippen molar-refractivity contribution in [1.82, 2.24) is 15.6 Å². The predicted octanol–water partition coefficient (Wildman–Crippen LogP) is 0.848. The van der Waals surface area contributed by atoms with E-state index in [2.05, 4.69) is 15.6 Å². The topological polar surface area (TPSA) is 63.2 Å². The summed E-state index contributed by atoms with van der Waals surface area (Å²) in [5.74, 6) is 0.708. The molecule has 1 aliphatic heterocycles. The summed E-state index contributed by atoms with van der Waals surface area (Å²) in [6.07, 6.45) is 4.81. The third kappa shape index (κ3) is 3.43. The highest BCUT2D eigenvalue weighted by atomic mass is 16.5. The normalized spacial score (nSPS) is 20.1. The second-order valence-electron chi connectivity index (χ2n) is 4.43. The van der Waals surface area contributed by atoms with Crippen molar-refractivity contribution in [3.05, 3.63) is 23.9 Å². The van der Waals surface area contributed by atoms with Crippen LogP contribution in [0.2, 0.25) is 0 Å². The average molecular weight is 249 g/mol. The van der Waals surface area contributed by atoms with Gasteiger partial charge >= 0.3 is 0 Å². The van der Waals surface area contributed by atoms with Crippen LogP contribution in [0.15, 0.2) is 18.3 Å². The van der Waals surface area contributed by atoms with Crippen LogP contribution in [0.1, 0.15) is 24.8 Å². The number of methoxy groups -OCH3 is 1. The lowest BCUT2D eigenvalue weighted by Crippen LogP contribution is -2.42. The van der Waals surface area contributed by atoms with E-state index in [-0.39, 0.29) is 11.9 Å². The van der Waals surface area contributed by atoms with Crippen molar-refractivity contribution in [2.75, 3.05) is 13.7 Å². The van der Waals surface area contributed by atoms with E-state index in [0.717, 1.165) is 31.4 Å². The summed E-state index contributed by atoms with van der Waals surface area (Å²) in [6.45, 7) is 1.44. The fraction of sp³-hybridized carbons (Fsp3) is 0.538. The molecule has 1 atom stereocenters. The summed E-state index contributed by atoms with van der Waals surface area (Å²) < 4.78 is 5.00. The molecule has 1 saturated heterocycles. The highest BCUT2D eigenvalue weighted by molar-refractivity contribution is 5.81. The molecule has 1 amide bonds. The van der Waals surface area contributed by atoms with Gasteiger partial charge in [-0.15, -0.1) is 0 Å². The van der Waals surface area contributed by atoms with E-state index in [0.29, 0.717) is 12.4 Å². The number of pyridine rings is 1. The standard InChI is InChI=1S/C13H19N3O2/c1-18-12-6-5-10(9-16-12)8-15-11-4-2-3-7-14-13(11)17/h5-6,9,11,15H,2-4,7-8H2,1H3,(H,14,17). The van der Waals surface area contributed by atoms with Gasteiger partial charge in [-0.3, -0.25) is 4.79 Å². The number of hydrogen-bond donors (Lipinski definition) is 2. The summed E-state index contributed by atoms with van der Waals surface area (Å²) in [6, 6.07) is 3.69. The van der Waals surface area contributed by atoms with Gasteiger partial charge in [0.25, 0.3) is 0 Å². The highest BCUT2D eigenvalue weighted by Crippen LogP contribution is 2.09. The summed E-state index contributed by atoms with van der Waals surface area (Å²) in [7, 11) is 1.59. The molecule has 0 bridgehead atoms. The van der Waals surface area contributed by atoms with Gasteiger partial charge in [-0.1, -0.05) is 6.07 Å². The number of aromatic nitrogens is 1. The third-order valence-corrected chi connectivity index (χ3v) is 3.09. The molecule has 5 nitrogen and oxygen atoms in total. The summed E-state index contributed by atoms with van der Waals surface area (Å²) >= 11 is 0. The lowest BCUT2D eigenvalue weighted by molar-refractivity contribution is -0.122. The van der Waals surface area contributed by atoms with Crippen molar-refractivity contribution < 1.29 is 9.53 Å². The molecule has 1 aromatic rings. The first-order valence-electron chi connectivity index (χ1n) is 6.29. The molecular weight excluding hydrogens is 230 g/mol. The van der Waals surface area contributed by atoms with E-state index in [1.165, 1.54) is 0 Å². The summed E-state index contributed by atoms with van der Waals surface area (Å²) in [5.41, 5.74) is 1.05. The van der Waals surface area contributed by atoms with Crippen molar-refractivity contribution in [2.24, 2.45) is 0 Å². The third-order valence-electron chi connectivity index (χ3n) is 3.09. The van der Waals surface area contributed by atoms with Gasteiger partial charge in [-0.25, -0.2) is 4.98 Å². The Hall–Kier alpha value is -1.62. The highest BCUT2D eigenvalue weighted by Gasteiger charge is 2.19. The molecule has 1 aromatic heterocycles. The molecular formula is C13H19N3O2. The molecule has 0 radical (unpaired) electrons. The van der Waals surface area contributed by atoms with Gasteiger partial charge < -0.3 is 15.4 Å². The summed E-state index contributed by atoms with van der Waals surface area (Å²) in [4.78, 5) is 15.9. The van der Waals surface area contributed by atoms with Crippen molar-refractivity contribution in [3.8, 4) is 5.88 Å². The molecule has 18 heavy (non-hydrogen) atoms. The molecule has 1 aliphatic rings. The number of ether oxygens (including phenoxy) is 1. The Morgan fingerprint density at radius 1 is 1.50 bits per heavy atom. The van der Waals surface area contributed by atoms with Crippen LogP contribution in [0, 0.1) is 0 Å². The van der Waals surface area contributed by atoms with E-state index in [1.807, 2.05) is 12.1 Å². The molecule has 1 fully saturated rings. The Bertz CT molecular complexity index is 392. The number of nitrogens with one attached hydrogen (secondary N) is 2. The van der Waals surface area contributed by atoms with Gasteiger partial charge in [-0.2, -0.15) is 0 Å². The minimum atomic E-state index is -0.0883. The van der Waals surface area contributed by atoms with Gasteiger partial charge in [0.05, 0.1) is 13.2 Å². The zero-order valence-electron chi connectivity index (χ0n) is 10.6. The SMILES string of the molecule is COc1ccc(CNC2CCCCNC2=O)cn1. The molecule has 0 saturated carbocycles. The molecule has 0 aromatic carbocycles. The molecule has 0 spiro atoms. The second-order valence-corrected chi connectivity index (χ2v) is 4.43. The quantitative estimate of drug-likeness (QED) is 0.830. The Balaban J connectivity index is 1.87. The Morgan fingerprint density at radius 2 is 2.39 bits per heavy atom. The van der Waals surface area contributed by atoms with Gasteiger partial charge in [-0.05, 0) is 24.8 Å². The molecule has 0 aliphatic carbocycles. The average Bonchev–Trinajstić information content (AvgIpc) is 2.62. The molecule has 2 N–H and O–H groups in total. The van der Waals surface area contributed by atoms with Gasteiger partial charge in [0, 0.05) is 25.4 Å². The maximum Gasteiger partial charge on any atom is 0.237 e. The molecule has 98 valence electrons. The minimum Gasteiger partial charge on any atom is -0.481 e.